The summed E-state index contributed by atoms with van der Waals surface area (Å²) in [5.41, 5.74) is 0.610. The van der Waals surface area contributed by atoms with Gasteiger partial charge in [0.15, 0.2) is 0 Å². The molecule has 19 heavy (non-hydrogen) atoms. The molecule has 4 nitrogen and oxygen atoms in total. The fourth-order valence-electron chi connectivity index (χ4n) is 1.34. The molecule has 0 unspecified atom stereocenters. The highest BCUT2D eigenvalue weighted by Crippen LogP contribution is 2.35. The standard InChI is InChI=1S/C12H11Br3O4/c13-2-1-3-19-11-8(14)4-7(5-9(11)15)6-10(16)12(17)18/h4-5H,1-3,6H2,(H,17,18). The summed E-state index contributed by atoms with van der Waals surface area (Å²) in [6, 6.07) is 3.38. The number of hydrogen-bond donors (Lipinski definition) is 1. The van der Waals surface area contributed by atoms with Crippen LogP contribution in [0, 0.1) is 0 Å². The Balaban J connectivity index is 2.84. The molecule has 1 N–H and O–H groups in total. The van der Waals surface area contributed by atoms with Crippen LogP contribution in [-0.4, -0.2) is 28.8 Å². The predicted molar refractivity (Wildman–Crippen MR) is 82.1 cm³/mol. The largest absolute Gasteiger partial charge is 0.491 e. The zero-order chi connectivity index (χ0) is 14.4. The highest BCUT2D eigenvalue weighted by molar-refractivity contribution is 9.11. The van der Waals surface area contributed by atoms with E-state index < -0.39 is 11.8 Å². The summed E-state index contributed by atoms with van der Waals surface area (Å²) in [6.07, 6.45) is 0.729. The zero-order valence-electron chi connectivity index (χ0n) is 9.79. The maximum atomic E-state index is 11.2. The van der Waals surface area contributed by atoms with Crippen LogP contribution in [0.5, 0.6) is 5.75 Å². The van der Waals surface area contributed by atoms with E-state index >= 15 is 0 Å². The van der Waals surface area contributed by atoms with Crippen molar-refractivity contribution < 1.29 is 19.4 Å². The van der Waals surface area contributed by atoms with Crippen LogP contribution < -0.4 is 4.74 Å². The smallest absolute Gasteiger partial charge is 0.372 e. The third-order valence-electron chi connectivity index (χ3n) is 2.19. The van der Waals surface area contributed by atoms with Gasteiger partial charge in [0, 0.05) is 11.8 Å². The van der Waals surface area contributed by atoms with E-state index in [1.54, 1.807) is 12.1 Å². The molecule has 1 aromatic rings. The van der Waals surface area contributed by atoms with Gasteiger partial charge < -0.3 is 9.84 Å². The monoisotopic (exact) mass is 456 g/mol. The molecule has 0 aliphatic heterocycles. The van der Waals surface area contributed by atoms with Crippen molar-refractivity contribution in [3.05, 3.63) is 26.6 Å². The maximum Gasteiger partial charge on any atom is 0.372 e. The summed E-state index contributed by atoms with van der Waals surface area (Å²) in [4.78, 5) is 21.7. The van der Waals surface area contributed by atoms with Crippen molar-refractivity contribution in [3.8, 4) is 5.75 Å². The molecule has 0 aromatic heterocycles. The summed E-state index contributed by atoms with van der Waals surface area (Å²) >= 11 is 10.0. The number of halogens is 3. The van der Waals surface area contributed by atoms with Gasteiger partial charge in [-0.25, -0.2) is 4.79 Å². The van der Waals surface area contributed by atoms with Gasteiger partial charge in [-0.15, -0.1) is 0 Å². The van der Waals surface area contributed by atoms with Gasteiger partial charge in [-0.1, -0.05) is 15.9 Å². The van der Waals surface area contributed by atoms with Crippen molar-refractivity contribution in [1.82, 2.24) is 0 Å². The number of Topliss-reactive ketones (excluding diaryl/α,β-unsaturated/α-hetero) is 1. The van der Waals surface area contributed by atoms with E-state index in [2.05, 4.69) is 47.8 Å². The Morgan fingerprint density at radius 3 is 2.26 bits per heavy atom. The third-order valence-corrected chi connectivity index (χ3v) is 3.92. The quantitative estimate of drug-likeness (QED) is 0.385. The fourth-order valence-corrected chi connectivity index (χ4v) is 3.08. The number of alkyl halides is 1. The minimum Gasteiger partial charge on any atom is -0.491 e. The number of aliphatic carboxylic acids is 1. The number of ether oxygens (including phenoxy) is 1. The molecular weight excluding hydrogens is 448 g/mol. The lowest BCUT2D eigenvalue weighted by molar-refractivity contribution is -0.148. The molecule has 0 atom stereocenters. The second-order valence-corrected chi connectivity index (χ2v) is 6.19. The molecule has 0 saturated carbocycles. The second kappa shape index (κ2) is 8.01. The van der Waals surface area contributed by atoms with E-state index in [1.807, 2.05) is 0 Å². The van der Waals surface area contributed by atoms with Gasteiger partial charge in [-0.2, -0.15) is 0 Å². The summed E-state index contributed by atoms with van der Waals surface area (Å²) in [5, 5.41) is 9.43. The number of rotatable bonds is 7. The maximum absolute atomic E-state index is 11.2. The number of hydrogen-bond acceptors (Lipinski definition) is 3. The van der Waals surface area contributed by atoms with E-state index in [9.17, 15) is 9.59 Å². The SMILES string of the molecule is O=C(O)C(=O)Cc1cc(Br)c(OCCCBr)c(Br)c1. The van der Waals surface area contributed by atoms with Gasteiger partial charge in [0.1, 0.15) is 5.75 Å². The van der Waals surface area contributed by atoms with Crippen molar-refractivity contribution >= 4 is 59.5 Å². The number of ketones is 1. The predicted octanol–water partition coefficient (Wildman–Crippen LogP) is 3.57. The van der Waals surface area contributed by atoms with Crippen LogP contribution in [-0.2, 0) is 16.0 Å². The summed E-state index contributed by atoms with van der Waals surface area (Å²) in [7, 11) is 0. The molecule has 104 valence electrons. The van der Waals surface area contributed by atoms with Gasteiger partial charge in [0.2, 0.25) is 5.78 Å². The van der Waals surface area contributed by atoms with Crippen LogP contribution in [0.4, 0.5) is 0 Å². The Hall–Kier alpha value is -0.400. The van der Waals surface area contributed by atoms with Crippen molar-refractivity contribution in [2.45, 2.75) is 12.8 Å². The van der Waals surface area contributed by atoms with Gasteiger partial charge in [-0.05, 0) is 56.0 Å². The third kappa shape index (κ3) is 5.24. The van der Waals surface area contributed by atoms with Crippen molar-refractivity contribution in [1.29, 1.82) is 0 Å². The molecule has 0 saturated heterocycles. The van der Waals surface area contributed by atoms with Gasteiger partial charge in [0.05, 0.1) is 15.6 Å². The summed E-state index contributed by atoms with van der Waals surface area (Å²) in [6.45, 7) is 0.565. The van der Waals surface area contributed by atoms with E-state index in [-0.39, 0.29) is 6.42 Å². The first-order chi connectivity index (χ1) is 8.95. The number of carbonyl (C=O) groups excluding carboxylic acids is 1. The highest BCUT2D eigenvalue weighted by Gasteiger charge is 2.15. The molecular formula is C12H11Br3O4. The Kier molecular flexibility index (Phi) is 7.02. The number of benzene rings is 1. The average Bonchev–Trinajstić information content (AvgIpc) is 2.32. The van der Waals surface area contributed by atoms with E-state index in [1.165, 1.54) is 0 Å². The molecule has 7 heteroatoms. The summed E-state index contributed by atoms with van der Waals surface area (Å²) in [5.74, 6) is -1.62. The number of carbonyl (C=O) groups is 2. The molecule has 0 aliphatic carbocycles. The Labute approximate surface area is 135 Å². The molecule has 0 spiro atoms. The Bertz CT molecular complexity index is 465. The average molecular weight is 459 g/mol. The van der Waals surface area contributed by atoms with Crippen LogP contribution in [0.25, 0.3) is 0 Å². The molecule has 0 heterocycles. The Morgan fingerprint density at radius 2 is 1.79 bits per heavy atom. The normalized spacial score (nSPS) is 10.3. The van der Waals surface area contributed by atoms with Crippen molar-refractivity contribution in [2.75, 3.05) is 11.9 Å². The highest BCUT2D eigenvalue weighted by atomic mass is 79.9. The molecule has 1 rings (SSSR count). The van der Waals surface area contributed by atoms with Gasteiger partial charge in [-0.3, -0.25) is 4.79 Å². The van der Waals surface area contributed by atoms with Gasteiger partial charge in [0.25, 0.3) is 0 Å². The first-order valence-corrected chi connectivity index (χ1v) is 8.09. The zero-order valence-corrected chi connectivity index (χ0v) is 14.5. The summed E-state index contributed by atoms with van der Waals surface area (Å²) < 4.78 is 6.96. The topological polar surface area (TPSA) is 63.6 Å². The molecule has 0 bridgehead atoms. The lowest BCUT2D eigenvalue weighted by Crippen LogP contribution is -2.15. The van der Waals surface area contributed by atoms with Crippen LogP contribution in [0.2, 0.25) is 0 Å². The minimum atomic E-state index is -1.43. The lowest BCUT2D eigenvalue weighted by Gasteiger charge is -2.11. The first kappa shape index (κ1) is 16.7. The molecule has 0 amide bonds. The second-order valence-electron chi connectivity index (χ2n) is 3.68. The van der Waals surface area contributed by atoms with Crippen molar-refractivity contribution in [3.63, 3.8) is 0 Å². The molecule has 0 fully saturated rings. The van der Waals surface area contributed by atoms with Crippen LogP contribution in [0.15, 0.2) is 21.1 Å². The number of carboxylic acids is 1. The van der Waals surface area contributed by atoms with Crippen LogP contribution in [0.3, 0.4) is 0 Å². The molecule has 0 radical (unpaired) electrons. The van der Waals surface area contributed by atoms with Crippen molar-refractivity contribution in [2.24, 2.45) is 0 Å². The van der Waals surface area contributed by atoms with E-state index in [0.29, 0.717) is 26.9 Å². The van der Waals surface area contributed by atoms with E-state index in [4.69, 9.17) is 9.84 Å². The van der Waals surface area contributed by atoms with E-state index in [0.717, 1.165) is 11.8 Å². The first-order valence-electron chi connectivity index (χ1n) is 5.38. The minimum absolute atomic E-state index is 0.145. The van der Waals surface area contributed by atoms with Crippen LogP contribution in [0.1, 0.15) is 12.0 Å². The van der Waals surface area contributed by atoms with Gasteiger partial charge >= 0.3 is 5.97 Å². The molecule has 0 aliphatic rings. The molecule has 1 aromatic carbocycles. The number of carboxylic acid groups (broad SMARTS) is 1. The van der Waals surface area contributed by atoms with Crippen LogP contribution >= 0.6 is 47.8 Å². The fraction of sp³-hybridized carbons (Fsp3) is 0.333. The lowest BCUT2D eigenvalue weighted by atomic mass is 10.1. The Morgan fingerprint density at radius 1 is 1.21 bits per heavy atom.